The summed E-state index contributed by atoms with van der Waals surface area (Å²) in [6.07, 6.45) is 5.24. The van der Waals surface area contributed by atoms with Crippen LogP contribution in [0.25, 0.3) is 22.4 Å². The normalized spacial score (nSPS) is 19.5. The van der Waals surface area contributed by atoms with Crippen molar-refractivity contribution in [2.24, 2.45) is 0 Å². The summed E-state index contributed by atoms with van der Waals surface area (Å²) in [5, 5.41) is 15.7. The van der Waals surface area contributed by atoms with Crippen molar-refractivity contribution in [3.8, 4) is 11.4 Å². The van der Waals surface area contributed by atoms with Crippen molar-refractivity contribution in [2.45, 2.75) is 31.3 Å². The number of thioether (sulfide) groups is 1. The van der Waals surface area contributed by atoms with E-state index in [0.29, 0.717) is 19.3 Å². The summed E-state index contributed by atoms with van der Waals surface area (Å²) in [7, 11) is 0. The molecule has 9 nitrogen and oxygen atoms in total. The zero-order valence-electron chi connectivity index (χ0n) is 22.6. The molecule has 3 aromatic rings. The first kappa shape index (κ1) is 26.4. The number of anilines is 3. The number of carbonyl (C=O) groups is 1. The number of hydrogen-bond donors (Lipinski definition) is 3. The number of nitrogens with zero attached hydrogens (tertiary/aromatic N) is 4. The summed E-state index contributed by atoms with van der Waals surface area (Å²) in [6, 6.07) is 13.0. The largest absolute Gasteiger partial charge is 0.394 e. The van der Waals surface area contributed by atoms with Crippen LogP contribution in [0.3, 0.4) is 0 Å². The monoisotopic (exact) mass is 550 g/mol. The second-order valence-corrected chi connectivity index (χ2v) is 11.6. The van der Waals surface area contributed by atoms with Gasteiger partial charge >= 0.3 is 0 Å². The lowest BCUT2D eigenvalue weighted by atomic mass is 10.1. The molecule has 3 aliphatic rings. The van der Waals surface area contributed by atoms with Crippen LogP contribution in [-0.2, 0) is 9.53 Å². The third kappa shape index (κ3) is 5.75. The Morgan fingerprint density at radius 3 is 2.74 bits per heavy atom. The van der Waals surface area contributed by atoms with Gasteiger partial charge in [-0.2, -0.15) is 11.8 Å². The van der Waals surface area contributed by atoms with Crippen LogP contribution in [0.4, 0.5) is 17.1 Å². The predicted octanol–water partition coefficient (Wildman–Crippen LogP) is 3.65. The number of aromatic nitrogens is 2. The molecule has 6 rings (SSSR count). The van der Waals surface area contributed by atoms with Crippen LogP contribution in [0.1, 0.15) is 25.3 Å². The fraction of sp³-hybridized carbons (Fsp3) is 0.517. The number of carbonyl (C=O) groups excluding carboxylic acids is 1. The van der Waals surface area contributed by atoms with Crippen LogP contribution in [0.2, 0.25) is 0 Å². The summed E-state index contributed by atoms with van der Waals surface area (Å²) >= 11 is 1.76. The molecule has 1 unspecified atom stereocenters. The van der Waals surface area contributed by atoms with E-state index >= 15 is 0 Å². The maximum absolute atomic E-state index is 13.5. The molecule has 1 amide bonds. The molecule has 39 heavy (non-hydrogen) atoms. The molecule has 208 valence electrons. The zero-order chi connectivity index (χ0) is 26.8. The lowest BCUT2D eigenvalue weighted by molar-refractivity contribution is -0.119. The van der Waals surface area contributed by atoms with Gasteiger partial charge in [-0.05, 0) is 67.7 Å². The lowest BCUT2D eigenvalue weighted by Gasteiger charge is -2.36. The average molecular weight is 551 g/mol. The van der Waals surface area contributed by atoms with Gasteiger partial charge in [0.25, 0.3) is 0 Å². The smallest absolute Gasteiger partial charge is 0.247 e. The van der Waals surface area contributed by atoms with Crippen molar-refractivity contribution in [2.75, 3.05) is 80.1 Å². The first-order chi connectivity index (χ1) is 19.1. The highest BCUT2D eigenvalue weighted by Crippen LogP contribution is 2.40. The Hall–Kier alpha value is -2.79. The van der Waals surface area contributed by atoms with E-state index < -0.39 is 0 Å². The Bertz CT molecular complexity index is 1320. The Labute approximate surface area is 233 Å². The molecule has 0 radical (unpaired) electrons. The van der Waals surface area contributed by atoms with E-state index in [1.807, 2.05) is 6.07 Å². The molecule has 3 heterocycles. The molecule has 1 saturated carbocycles. The van der Waals surface area contributed by atoms with Gasteiger partial charge in [0.1, 0.15) is 11.9 Å². The minimum Gasteiger partial charge on any atom is -0.394 e. The molecule has 2 fully saturated rings. The standard InChI is InChI=1S/C29H38N6O3S/c1-39-17-8-27-29(37)32-24-6-4-21(30-20-2-3-20)18-23(24)28-31-25-19-22(5-7-26(25)35(27)28)34-11-9-33(10-12-34)13-15-38-16-14-36/h4-7,18-20,27,30,36H,2-3,8-17H2,1H3,(H,32,37). The van der Waals surface area contributed by atoms with E-state index in [4.69, 9.17) is 14.8 Å². The Kier molecular flexibility index (Phi) is 7.97. The van der Waals surface area contributed by atoms with Crippen LogP contribution < -0.4 is 15.5 Å². The number of aliphatic hydroxyl groups excluding tert-OH is 1. The molecule has 10 heteroatoms. The fourth-order valence-electron chi connectivity index (χ4n) is 5.59. The number of ether oxygens (including phenoxy) is 1. The van der Waals surface area contributed by atoms with Gasteiger partial charge in [0.2, 0.25) is 5.91 Å². The quantitative estimate of drug-likeness (QED) is 0.312. The van der Waals surface area contributed by atoms with Crippen molar-refractivity contribution < 1.29 is 14.6 Å². The molecule has 3 N–H and O–H groups in total. The van der Waals surface area contributed by atoms with Gasteiger partial charge in [-0.1, -0.05) is 0 Å². The number of fused-ring (bicyclic) bond motifs is 5. The van der Waals surface area contributed by atoms with E-state index in [9.17, 15) is 4.79 Å². The number of hydrogen-bond acceptors (Lipinski definition) is 8. The van der Waals surface area contributed by atoms with Crippen molar-refractivity contribution in [3.63, 3.8) is 0 Å². The Morgan fingerprint density at radius 2 is 1.97 bits per heavy atom. The number of piperazine rings is 1. The fourth-order valence-corrected chi connectivity index (χ4v) is 6.05. The summed E-state index contributed by atoms with van der Waals surface area (Å²) in [6.45, 7) is 5.84. The zero-order valence-corrected chi connectivity index (χ0v) is 23.4. The third-order valence-corrected chi connectivity index (χ3v) is 8.52. The van der Waals surface area contributed by atoms with E-state index in [2.05, 4.69) is 61.6 Å². The number of amides is 1. The van der Waals surface area contributed by atoms with Crippen LogP contribution in [-0.4, -0.2) is 96.1 Å². The van der Waals surface area contributed by atoms with Gasteiger partial charge in [-0.15, -0.1) is 0 Å². The third-order valence-electron chi connectivity index (χ3n) is 7.87. The first-order valence-corrected chi connectivity index (χ1v) is 15.4. The van der Waals surface area contributed by atoms with Gasteiger partial charge in [-0.25, -0.2) is 4.98 Å². The maximum Gasteiger partial charge on any atom is 0.247 e. The van der Waals surface area contributed by atoms with Crippen LogP contribution in [0.5, 0.6) is 0 Å². The van der Waals surface area contributed by atoms with Gasteiger partial charge in [0.05, 0.1) is 36.5 Å². The number of benzene rings is 2. The second kappa shape index (κ2) is 11.8. The topological polar surface area (TPSA) is 94.9 Å². The van der Waals surface area contributed by atoms with E-state index in [0.717, 1.165) is 78.7 Å². The average Bonchev–Trinajstić information content (AvgIpc) is 3.71. The minimum atomic E-state index is -0.313. The molecular weight excluding hydrogens is 512 g/mol. The maximum atomic E-state index is 13.5. The Morgan fingerprint density at radius 1 is 1.13 bits per heavy atom. The number of aliphatic hydroxyl groups is 1. The second-order valence-electron chi connectivity index (χ2n) is 10.6. The molecular formula is C29H38N6O3S. The van der Waals surface area contributed by atoms with Gasteiger partial charge < -0.3 is 29.9 Å². The van der Waals surface area contributed by atoms with Crippen LogP contribution in [0.15, 0.2) is 36.4 Å². The van der Waals surface area contributed by atoms with E-state index in [1.165, 1.54) is 18.5 Å². The first-order valence-electron chi connectivity index (χ1n) is 14.0. The van der Waals surface area contributed by atoms with Gasteiger partial charge in [0.15, 0.2) is 0 Å². The van der Waals surface area contributed by atoms with Crippen molar-refractivity contribution in [3.05, 3.63) is 36.4 Å². The highest BCUT2D eigenvalue weighted by molar-refractivity contribution is 7.98. The molecule has 1 aromatic heterocycles. The molecule has 1 aliphatic carbocycles. The summed E-state index contributed by atoms with van der Waals surface area (Å²) < 4.78 is 7.61. The van der Waals surface area contributed by atoms with Crippen molar-refractivity contribution in [1.29, 1.82) is 0 Å². The summed E-state index contributed by atoms with van der Waals surface area (Å²) in [5.41, 5.74) is 5.97. The van der Waals surface area contributed by atoms with E-state index in [1.54, 1.807) is 11.8 Å². The summed E-state index contributed by atoms with van der Waals surface area (Å²) in [4.78, 5) is 23.5. The highest BCUT2D eigenvalue weighted by atomic mass is 32.2. The van der Waals surface area contributed by atoms with E-state index in [-0.39, 0.29) is 18.6 Å². The number of imidazole rings is 1. The lowest BCUT2D eigenvalue weighted by Crippen LogP contribution is -2.47. The SMILES string of the molecule is CSCCC1C(=O)Nc2ccc(NC3CC3)cc2-c2nc3cc(N4CCN(CCOCCO)CC4)ccc3n21. The van der Waals surface area contributed by atoms with Crippen molar-refractivity contribution in [1.82, 2.24) is 14.5 Å². The number of nitrogens with one attached hydrogen (secondary N) is 2. The minimum absolute atomic E-state index is 0.0226. The molecule has 0 bridgehead atoms. The molecule has 0 spiro atoms. The van der Waals surface area contributed by atoms with Crippen LogP contribution in [0, 0.1) is 0 Å². The van der Waals surface area contributed by atoms with Crippen molar-refractivity contribution >= 4 is 45.8 Å². The molecule has 1 saturated heterocycles. The van der Waals surface area contributed by atoms with Crippen LogP contribution >= 0.6 is 11.8 Å². The Balaban J connectivity index is 1.30. The molecule has 1 atom stereocenters. The van der Waals surface area contributed by atoms with Gasteiger partial charge in [0, 0.05) is 55.7 Å². The highest BCUT2D eigenvalue weighted by Gasteiger charge is 2.32. The molecule has 2 aliphatic heterocycles. The predicted molar refractivity (Wildman–Crippen MR) is 159 cm³/mol. The van der Waals surface area contributed by atoms with Gasteiger partial charge in [-0.3, -0.25) is 9.69 Å². The molecule has 2 aromatic carbocycles. The summed E-state index contributed by atoms with van der Waals surface area (Å²) in [5.74, 6) is 1.78. The number of rotatable bonds is 11.